The van der Waals surface area contributed by atoms with Crippen molar-refractivity contribution >= 4 is 5.91 Å². The predicted octanol–water partition coefficient (Wildman–Crippen LogP) is 3.24. The van der Waals surface area contributed by atoms with Crippen molar-refractivity contribution in [1.29, 1.82) is 0 Å². The van der Waals surface area contributed by atoms with E-state index in [2.05, 4.69) is 22.2 Å². The van der Waals surface area contributed by atoms with Crippen molar-refractivity contribution < 1.29 is 9.32 Å². The van der Waals surface area contributed by atoms with Crippen molar-refractivity contribution in [2.24, 2.45) is 0 Å². The zero-order valence-electron chi connectivity index (χ0n) is 15.3. The Morgan fingerprint density at radius 2 is 2.08 bits per heavy atom. The number of aromatic nitrogens is 4. The van der Waals surface area contributed by atoms with Gasteiger partial charge in [0.05, 0.1) is 12.2 Å². The number of rotatable bonds is 7. The third kappa shape index (κ3) is 3.82. The number of hydrogen-bond acceptors (Lipinski definition) is 5. The third-order valence-corrected chi connectivity index (χ3v) is 4.31. The molecule has 136 valence electrons. The van der Waals surface area contributed by atoms with Gasteiger partial charge in [0.15, 0.2) is 11.5 Å². The van der Waals surface area contributed by atoms with Crippen LogP contribution in [0.4, 0.5) is 0 Å². The van der Waals surface area contributed by atoms with Crippen LogP contribution in [-0.4, -0.2) is 37.3 Å². The second-order valence-electron chi connectivity index (χ2n) is 6.19. The first kappa shape index (κ1) is 17.8. The lowest BCUT2D eigenvalue weighted by atomic mass is 10.0. The number of hydrogen-bond donors (Lipinski definition) is 0. The Morgan fingerprint density at radius 1 is 1.31 bits per heavy atom. The molecule has 0 saturated carbocycles. The van der Waals surface area contributed by atoms with Crippen LogP contribution in [0.1, 0.15) is 53.7 Å². The van der Waals surface area contributed by atoms with Crippen LogP contribution in [-0.2, 0) is 6.54 Å². The van der Waals surface area contributed by atoms with Crippen molar-refractivity contribution in [2.75, 3.05) is 6.54 Å². The van der Waals surface area contributed by atoms with Crippen LogP contribution in [0.3, 0.4) is 0 Å². The van der Waals surface area contributed by atoms with Gasteiger partial charge in [0.2, 0.25) is 0 Å². The Bertz CT molecular complexity index is 856. The van der Waals surface area contributed by atoms with Gasteiger partial charge in [-0.25, -0.2) is 0 Å². The molecule has 0 unspecified atom stereocenters. The van der Waals surface area contributed by atoms with Gasteiger partial charge in [0.1, 0.15) is 6.54 Å². The molecule has 1 amide bonds. The summed E-state index contributed by atoms with van der Waals surface area (Å²) < 4.78 is 7.10. The third-order valence-electron chi connectivity index (χ3n) is 4.31. The summed E-state index contributed by atoms with van der Waals surface area (Å²) in [4.78, 5) is 18.9. The van der Waals surface area contributed by atoms with Gasteiger partial charge >= 0.3 is 0 Å². The van der Waals surface area contributed by atoms with E-state index in [9.17, 15) is 4.79 Å². The Kier molecular flexibility index (Phi) is 5.46. The minimum atomic E-state index is -0.136. The molecule has 7 nitrogen and oxygen atoms in total. The number of nitrogens with zero attached hydrogens (tertiary/aromatic N) is 5. The average Bonchev–Trinajstić information content (AvgIpc) is 3.29. The van der Waals surface area contributed by atoms with Gasteiger partial charge in [-0.2, -0.15) is 5.10 Å². The van der Waals surface area contributed by atoms with Crippen LogP contribution < -0.4 is 0 Å². The maximum absolute atomic E-state index is 13.0. The van der Waals surface area contributed by atoms with Crippen LogP contribution in [0.15, 0.2) is 47.5 Å². The van der Waals surface area contributed by atoms with Crippen LogP contribution in [0, 0.1) is 6.92 Å². The largest absolute Gasteiger partial charge is 0.359 e. The minimum absolute atomic E-state index is 0.0237. The highest BCUT2D eigenvalue weighted by Gasteiger charge is 2.26. The number of carbonyl (C=O) groups is 1. The number of pyridine rings is 1. The smallest absolute Gasteiger partial charge is 0.276 e. The van der Waals surface area contributed by atoms with Crippen LogP contribution >= 0.6 is 0 Å². The molecule has 1 atom stereocenters. The molecule has 26 heavy (non-hydrogen) atoms. The molecule has 0 N–H and O–H groups in total. The first-order valence-electron chi connectivity index (χ1n) is 8.77. The first-order valence-corrected chi connectivity index (χ1v) is 8.77. The molecule has 0 bridgehead atoms. The molecule has 0 aliphatic heterocycles. The van der Waals surface area contributed by atoms with E-state index < -0.39 is 0 Å². The number of carbonyl (C=O) groups excluding carboxylic acids is 1. The molecule has 0 aliphatic carbocycles. The van der Waals surface area contributed by atoms with E-state index in [0.717, 1.165) is 17.5 Å². The predicted molar refractivity (Wildman–Crippen MR) is 96.5 cm³/mol. The molecule has 3 heterocycles. The van der Waals surface area contributed by atoms with Gasteiger partial charge in [-0.15, -0.1) is 0 Å². The molecule has 3 aromatic rings. The fourth-order valence-corrected chi connectivity index (χ4v) is 3.08. The normalized spacial score (nSPS) is 12.1. The van der Waals surface area contributed by atoms with E-state index in [-0.39, 0.29) is 11.9 Å². The summed E-state index contributed by atoms with van der Waals surface area (Å²) in [5.74, 6) is 0.465. The molecule has 0 spiro atoms. The Morgan fingerprint density at radius 3 is 2.69 bits per heavy atom. The highest BCUT2D eigenvalue weighted by Crippen LogP contribution is 2.25. The maximum Gasteiger partial charge on any atom is 0.276 e. The van der Waals surface area contributed by atoms with Crippen molar-refractivity contribution in [2.45, 2.75) is 39.8 Å². The van der Waals surface area contributed by atoms with Gasteiger partial charge in [0.25, 0.3) is 5.91 Å². The molecular weight excluding hydrogens is 330 g/mol. The van der Waals surface area contributed by atoms with Crippen molar-refractivity contribution in [3.05, 3.63) is 65.6 Å². The molecule has 0 aliphatic rings. The summed E-state index contributed by atoms with van der Waals surface area (Å²) in [6.07, 6.45) is 7.99. The maximum atomic E-state index is 13.0. The lowest BCUT2D eigenvalue weighted by molar-refractivity contribution is 0.0672. The molecule has 0 aromatic carbocycles. The minimum Gasteiger partial charge on any atom is -0.359 e. The Hall–Kier alpha value is -2.96. The SMILES string of the molecule is CC[C@@H](c1ccncc1)N(CC)C(=O)c1cc(Cn2cc(C)cn2)on1. The zero-order chi connectivity index (χ0) is 18.5. The highest BCUT2D eigenvalue weighted by molar-refractivity contribution is 5.92. The lowest BCUT2D eigenvalue weighted by Gasteiger charge is -2.29. The van der Waals surface area contributed by atoms with E-state index in [0.29, 0.717) is 24.5 Å². The molecule has 0 saturated heterocycles. The summed E-state index contributed by atoms with van der Waals surface area (Å²) in [5, 5.41) is 8.20. The van der Waals surface area contributed by atoms with Gasteiger partial charge < -0.3 is 9.42 Å². The second-order valence-corrected chi connectivity index (χ2v) is 6.19. The van der Waals surface area contributed by atoms with Gasteiger partial charge in [-0.3, -0.25) is 14.5 Å². The molecule has 0 fully saturated rings. The first-order chi connectivity index (χ1) is 12.6. The summed E-state index contributed by atoms with van der Waals surface area (Å²) in [7, 11) is 0. The fraction of sp³-hybridized carbons (Fsp3) is 0.368. The number of amides is 1. The Labute approximate surface area is 152 Å². The lowest BCUT2D eigenvalue weighted by Crippen LogP contribution is -2.34. The second kappa shape index (κ2) is 7.95. The molecule has 7 heteroatoms. The Balaban J connectivity index is 1.78. The summed E-state index contributed by atoms with van der Waals surface area (Å²) in [5.41, 5.74) is 2.45. The average molecular weight is 353 g/mol. The summed E-state index contributed by atoms with van der Waals surface area (Å²) >= 11 is 0. The van der Waals surface area contributed by atoms with Gasteiger partial charge in [-0.05, 0) is 43.5 Å². The fourth-order valence-electron chi connectivity index (χ4n) is 3.08. The van der Waals surface area contributed by atoms with E-state index >= 15 is 0 Å². The van der Waals surface area contributed by atoms with E-state index in [1.165, 1.54) is 0 Å². The van der Waals surface area contributed by atoms with Crippen LogP contribution in [0.25, 0.3) is 0 Å². The number of aryl methyl sites for hydroxylation is 1. The standard InChI is InChI=1S/C19H23N5O2/c1-4-18(15-6-8-20-9-7-15)24(5-2)19(25)17-10-16(26-22-17)13-23-12-14(3)11-21-23/h6-12,18H,4-5,13H2,1-3H3/t18-/m0/s1. The van der Waals surface area contributed by atoms with E-state index in [1.807, 2.05) is 37.1 Å². The highest BCUT2D eigenvalue weighted by atomic mass is 16.5. The van der Waals surface area contributed by atoms with Crippen molar-refractivity contribution in [3.8, 4) is 0 Å². The van der Waals surface area contributed by atoms with Crippen molar-refractivity contribution in [3.63, 3.8) is 0 Å². The monoisotopic (exact) mass is 353 g/mol. The topological polar surface area (TPSA) is 77.0 Å². The van der Waals surface area contributed by atoms with Gasteiger partial charge in [0, 0.05) is 31.2 Å². The van der Waals surface area contributed by atoms with Crippen molar-refractivity contribution in [1.82, 2.24) is 24.8 Å². The molecule has 0 radical (unpaired) electrons. The zero-order valence-corrected chi connectivity index (χ0v) is 15.3. The quantitative estimate of drug-likeness (QED) is 0.652. The van der Waals surface area contributed by atoms with Crippen LogP contribution in [0.5, 0.6) is 0 Å². The molecule has 3 aromatic heterocycles. The van der Waals surface area contributed by atoms with E-state index in [4.69, 9.17) is 4.52 Å². The van der Waals surface area contributed by atoms with Gasteiger partial charge in [-0.1, -0.05) is 12.1 Å². The van der Waals surface area contributed by atoms with E-state index in [1.54, 1.807) is 29.3 Å². The molecule has 3 rings (SSSR count). The molecular formula is C19H23N5O2. The summed E-state index contributed by atoms with van der Waals surface area (Å²) in [6, 6.07) is 5.56. The summed E-state index contributed by atoms with van der Waals surface area (Å²) in [6.45, 7) is 7.04. The van der Waals surface area contributed by atoms with Crippen LogP contribution in [0.2, 0.25) is 0 Å².